The molecule has 0 bridgehead atoms. The number of piperidine rings is 1. The van der Waals surface area contributed by atoms with Gasteiger partial charge in [0, 0.05) is 36.6 Å². The number of aliphatic hydroxyl groups is 1. The second-order valence-corrected chi connectivity index (χ2v) is 12.1. The molecular formula is C26H34F3N5O5S. The van der Waals surface area contributed by atoms with Crippen LogP contribution in [-0.2, 0) is 25.8 Å². The largest absolute Gasteiger partial charge is 0.417 e. The second-order valence-electron chi connectivity index (χ2n) is 10.3. The standard InChI is InChI=1S/C26H34F3N5O5S/c27-26(28,29)21-16-20(31-17-22(36)30-11-14-35)7-6-18(21)8-15-40(38,39)34-12-9-25(10-13-34)24(37)32-23(33-25)19-4-2-1-3-5-19/h6-8,15-16,19,31,35H,1-5,9-14,17H2,(H,30,36)(H,32,33,37). The number of rotatable bonds is 9. The van der Waals surface area contributed by atoms with Gasteiger partial charge in [0.15, 0.2) is 0 Å². The molecule has 3 aliphatic rings. The summed E-state index contributed by atoms with van der Waals surface area (Å²) in [4.78, 5) is 29.2. The number of anilines is 1. The van der Waals surface area contributed by atoms with Crippen LogP contribution in [-0.4, -0.2) is 73.8 Å². The van der Waals surface area contributed by atoms with Crippen LogP contribution < -0.4 is 16.0 Å². The lowest BCUT2D eigenvalue weighted by molar-refractivity contribution is -0.137. The molecule has 1 saturated carbocycles. The third-order valence-corrected chi connectivity index (χ3v) is 9.13. The van der Waals surface area contributed by atoms with E-state index in [-0.39, 0.29) is 68.7 Å². The molecule has 2 fully saturated rings. The smallest absolute Gasteiger partial charge is 0.395 e. The molecule has 14 heteroatoms. The van der Waals surface area contributed by atoms with Crippen molar-refractivity contribution in [3.8, 4) is 0 Å². The van der Waals surface area contributed by atoms with Crippen LogP contribution in [0.4, 0.5) is 18.9 Å². The van der Waals surface area contributed by atoms with E-state index in [0.717, 1.165) is 53.6 Å². The number of alkyl halides is 3. The number of amides is 2. The third-order valence-electron chi connectivity index (χ3n) is 7.57. The highest BCUT2D eigenvalue weighted by Gasteiger charge is 2.48. The van der Waals surface area contributed by atoms with Crippen molar-refractivity contribution in [2.24, 2.45) is 10.9 Å². The average molecular weight is 586 g/mol. The van der Waals surface area contributed by atoms with Crippen molar-refractivity contribution < 1.29 is 36.3 Å². The Balaban J connectivity index is 1.42. The van der Waals surface area contributed by atoms with Gasteiger partial charge in [0.1, 0.15) is 11.4 Å². The molecule has 2 amide bonds. The first-order valence-electron chi connectivity index (χ1n) is 13.4. The van der Waals surface area contributed by atoms with Crippen LogP contribution in [0.2, 0.25) is 0 Å². The SMILES string of the molecule is O=C(CNc1ccc(C=CS(=O)(=O)N2CCC3(CC2)N=C(C2CCCCC2)NC3=O)c(C(F)(F)F)c1)NCCO. The average Bonchev–Trinajstić information content (AvgIpc) is 3.25. The summed E-state index contributed by atoms with van der Waals surface area (Å²) in [5.74, 6) is 0.195. The lowest BCUT2D eigenvalue weighted by Gasteiger charge is -2.34. The Labute approximate surface area is 231 Å². The molecule has 1 aliphatic carbocycles. The Morgan fingerprint density at radius 3 is 2.55 bits per heavy atom. The van der Waals surface area contributed by atoms with E-state index in [9.17, 15) is 31.2 Å². The van der Waals surface area contributed by atoms with Crippen molar-refractivity contribution in [1.82, 2.24) is 14.9 Å². The summed E-state index contributed by atoms with van der Waals surface area (Å²) < 4.78 is 68.4. The fourth-order valence-electron chi connectivity index (χ4n) is 5.30. The maximum Gasteiger partial charge on any atom is 0.417 e. The molecule has 0 aromatic heterocycles. The predicted molar refractivity (Wildman–Crippen MR) is 144 cm³/mol. The molecule has 1 saturated heterocycles. The molecule has 0 atom stereocenters. The van der Waals surface area contributed by atoms with E-state index in [0.29, 0.717) is 5.84 Å². The number of halogens is 3. The lowest BCUT2D eigenvalue weighted by atomic mass is 9.88. The first kappa shape index (κ1) is 30.0. The molecule has 2 aliphatic heterocycles. The number of amidine groups is 1. The second kappa shape index (κ2) is 12.3. The molecular weight excluding hydrogens is 551 g/mol. The normalized spacial score (nSPS) is 20.5. The summed E-state index contributed by atoms with van der Waals surface area (Å²) in [7, 11) is -4.07. The van der Waals surface area contributed by atoms with Crippen molar-refractivity contribution in [1.29, 1.82) is 0 Å². The van der Waals surface area contributed by atoms with Crippen molar-refractivity contribution in [2.75, 3.05) is 38.1 Å². The zero-order chi connectivity index (χ0) is 29.0. The number of aliphatic hydroxyl groups excluding tert-OH is 1. The number of carbonyl (C=O) groups is 2. The topological polar surface area (TPSA) is 140 Å². The highest BCUT2D eigenvalue weighted by molar-refractivity contribution is 7.92. The molecule has 4 rings (SSSR count). The molecule has 1 aromatic carbocycles. The Morgan fingerprint density at radius 1 is 1.20 bits per heavy atom. The van der Waals surface area contributed by atoms with Crippen LogP contribution in [0.5, 0.6) is 0 Å². The minimum absolute atomic E-state index is 0.0203. The monoisotopic (exact) mass is 585 g/mol. The van der Waals surface area contributed by atoms with E-state index >= 15 is 0 Å². The molecule has 10 nitrogen and oxygen atoms in total. The number of aliphatic imine (C=N–C) groups is 1. The van der Waals surface area contributed by atoms with Gasteiger partial charge in [-0.2, -0.15) is 17.5 Å². The Hall–Kier alpha value is -2.97. The molecule has 0 radical (unpaired) electrons. The van der Waals surface area contributed by atoms with Crippen LogP contribution >= 0.6 is 0 Å². The number of carbonyl (C=O) groups excluding carboxylic acids is 2. The molecule has 2 heterocycles. The van der Waals surface area contributed by atoms with Gasteiger partial charge in [-0.15, -0.1) is 0 Å². The predicted octanol–water partition coefficient (Wildman–Crippen LogP) is 2.47. The first-order chi connectivity index (χ1) is 18.9. The van der Waals surface area contributed by atoms with Gasteiger partial charge in [-0.1, -0.05) is 25.3 Å². The first-order valence-corrected chi connectivity index (χ1v) is 14.9. The maximum atomic E-state index is 13.8. The molecule has 1 spiro atoms. The van der Waals surface area contributed by atoms with E-state index in [1.165, 1.54) is 12.5 Å². The van der Waals surface area contributed by atoms with E-state index in [1.54, 1.807) is 0 Å². The number of hydrogen-bond donors (Lipinski definition) is 4. The highest BCUT2D eigenvalue weighted by atomic mass is 32.2. The number of nitrogens with one attached hydrogen (secondary N) is 3. The number of sulfonamides is 1. The van der Waals surface area contributed by atoms with E-state index in [1.807, 2.05) is 0 Å². The highest BCUT2D eigenvalue weighted by Crippen LogP contribution is 2.36. The van der Waals surface area contributed by atoms with Crippen molar-refractivity contribution in [3.63, 3.8) is 0 Å². The summed E-state index contributed by atoms with van der Waals surface area (Å²) in [6.45, 7) is -0.505. The lowest BCUT2D eigenvalue weighted by Crippen LogP contribution is -2.50. The fraction of sp³-hybridized carbons (Fsp3) is 0.577. The number of nitrogens with zero attached hydrogens (tertiary/aromatic N) is 2. The Bertz CT molecular complexity index is 1270. The van der Waals surface area contributed by atoms with Gasteiger partial charge >= 0.3 is 6.18 Å². The van der Waals surface area contributed by atoms with Gasteiger partial charge in [-0.05, 0) is 49.5 Å². The Kier molecular flexibility index (Phi) is 9.20. The minimum Gasteiger partial charge on any atom is -0.395 e. The minimum atomic E-state index is -4.78. The molecule has 1 aromatic rings. The van der Waals surface area contributed by atoms with Crippen molar-refractivity contribution in [2.45, 2.75) is 56.7 Å². The molecule has 4 N–H and O–H groups in total. The summed E-state index contributed by atoms with van der Waals surface area (Å²) in [6.07, 6.45) is 1.80. The van der Waals surface area contributed by atoms with Crippen LogP contribution in [0.3, 0.4) is 0 Å². The van der Waals surface area contributed by atoms with Gasteiger partial charge in [0.05, 0.1) is 18.7 Å². The molecule has 40 heavy (non-hydrogen) atoms. The maximum absolute atomic E-state index is 13.8. The van der Waals surface area contributed by atoms with Crippen LogP contribution in [0.25, 0.3) is 6.08 Å². The van der Waals surface area contributed by atoms with Gasteiger partial charge < -0.3 is 21.1 Å². The van der Waals surface area contributed by atoms with Crippen molar-refractivity contribution in [3.05, 3.63) is 34.7 Å². The van der Waals surface area contributed by atoms with Gasteiger partial charge in [-0.25, -0.2) is 8.42 Å². The Morgan fingerprint density at radius 2 is 1.90 bits per heavy atom. The number of hydrogen-bond acceptors (Lipinski definition) is 7. The van der Waals surface area contributed by atoms with E-state index < -0.39 is 33.2 Å². The number of benzene rings is 1. The van der Waals surface area contributed by atoms with Crippen molar-refractivity contribution >= 4 is 39.4 Å². The zero-order valence-electron chi connectivity index (χ0n) is 22.0. The molecule has 0 unspecified atom stereocenters. The summed E-state index contributed by atoms with van der Waals surface area (Å²) in [5, 5.41) is 17.4. The van der Waals surface area contributed by atoms with E-state index in [4.69, 9.17) is 10.1 Å². The molecule has 220 valence electrons. The van der Waals surface area contributed by atoms with Crippen LogP contribution in [0.15, 0.2) is 28.6 Å². The van der Waals surface area contributed by atoms with Crippen LogP contribution in [0, 0.1) is 5.92 Å². The summed E-state index contributed by atoms with van der Waals surface area (Å²) in [6, 6.07) is 3.24. The van der Waals surface area contributed by atoms with E-state index in [2.05, 4.69) is 16.0 Å². The zero-order valence-corrected chi connectivity index (χ0v) is 22.8. The quantitative estimate of drug-likeness (QED) is 0.351. The van der Waals surface area contributed by atoms with Gasteiger partial charge in [0.2, 0.25) is 15.9 Å². The summed E-state index contributed by atoms with van der Waals surface area (Å²) >= 11 is 0. The fourth-order valence-corrected chi connectivity index (χ4v) is 6.49. The third kappa shape index (κ3) is 7.02. The van der Waals surface area contributed by atoms with Gasteiger partial charge in [-0.3, -0.25) is 14.6 Å². The van der Waals surface area contributed by atoms with Gasteiger partial charge in [0.25, 0.3) is 5.91 Å². The van der Waals surface area contributed by atoms with Crippen LogP contribution in [0.1, 0.15) is 56.1 Å². The summed E-state index contributed by atoms with van der Waals surface area (Å²) in [5.41, 5.74) is -2.39.